The van der Waals surface area contributed by atoms with Crippen molar-refractivity contribution < 1.29 is 18.0 Å². The van der Waals surface area contributed by atoms with E-state index in [-0.39, 0.29) is 11.5 Å². The highest BCUT2D eigenvalue weighted by atomic mass is 19.4. The molecule has 1 aromatic heterocycles. The second-order valence-corrected chi connectivity index (χ2v) is 6.34. The van der Waals surface area contributed by atoms with Gasteiger partial charge in [-0.05, 0) is 24.1 Å². The van der Waals surface area contributed by atoms with E-state index < -0.39 is 11.9 Å². The Bertz CT molecular complexity index is 732. The summed E-state index contributed by atoms with van der Waals surface area (Å²) in [5.41, 5.74) is 0.424. The van der Waals surface area contributed by atoms with Crippen LogP contribution in [0.2, 0.25) is 0 Å². The molecule has 0 N–H and O–H groups in total. The van der Waals surface area contributed by atoms with Crippen LogP contribution in [0.25, 0.3) is 0 Å². The molecule has 0 spiro atoms. The van der Waals surface area contributed by atoms with Crippen LogP contribution >= 0.6 is 0 Å². The maximum Gasteiger partial charge on any atom is 0.433 e. The highest BCUT2D eigenvalue weighted by Gasteiger charge is 2.32. The van der Waals surface area contributed by atoms with Gasteiger partial charge in [-0.25, -0.2) is 0 Å². The summed E-state index contributed by atoms with van der Waals surface area (Å²) < 4.78 is 37.8. The third-order valence-electron chi connectivity index (χ3n) is 4.43. The standard InChI is InChI=1S/C19H20F3N3O/c20-19(21,22)17-8-7-16(13-23-17)18(26)25-10-4-9-24(11-12-25)14-15-5-2-1-3-6-15/h1-3,5-8,13H,4,9-12,14H2. The van der Waals surface area contributed by atoms with E-state index in [4.69, 9.17) is 0 Å². The predicted octanol–water partition coefficient (Wildman–Crippen LogP) is 3.45. The molecule has 0 unspecified atom stereocenters. The fraction of sp³-hybridized carbons (Fsp3) is 0.368. The Morgan fingerprint density at radius 1 is 1.00 bits per heavy atom. The van der Waals surface area contributed by atoms with Crippen LogP contribution in [-0.2, 0) is 12.7 Å². The Morgan fingerprint density at radius 2 is 1.77 bits per heavy atom. The largest absolute Gasteiger partial charge is 0.433 e. The van der Waals surface area contributed by atoms with Gasteiger partial charge >= 0.3 is 6.18 Å². The Hall–Kier alpha value is -2.41. The fourth-order valence-corrected chi connectivity index (χ4v) is 3.04. The quantitative estimate of drug-likeness (QED) is 0.838. The normalized spacial score (nSPS) is 16.3. The zero-order chi connectivity index (χ0) is 18.6. The minimum Gasteiger partial charge on any atom is -0.337 e. The molecule has 0 aliphatic carbocycles. The van der Waals surface area contributed by atoms with Crippen LogP contribution in [0.1, 0.15) is 28.0 Å². The lowest BCUT2D eigenvalue weighted by molar-refractivity contribution is -0.141. The predicted molar refractivity (Wildman–Crippen MR) is 91.5 cm³/mol. The third-order valence-corrected chi connectivity index (χ3v) is 4.43. The van der Waals surface area contributed by atoms with Crippen molar-refractivity contribution in [1.29, 1.82) is 0 Å². The number of hydrogen-bond donors (Lipinski definition) is 0. The molecule has 1 aliphatic rings. The van der Waals surface area contributed by atoms with Crippen molar-refractivity contribution in [2.45, 2.75) is 19.1 Å². The molecular weight excluding hydrogens is 343 g/mol. The van der Waals surface area contributed by atoms with Crippen LogP contribution in [0.5, 0.6) is 0 Å². The summed E-state index contributed by atoms with van der Waals surface area (Å²) in [6.45, 7) is 3.57. The lowest BCUT2D eigenvalue weighted by atomic mass is 10.2. The highest BCUT2D eigenvalue weighted by Crippen LogP contribution is 2.27. The number of aromatic nitrogens is 1. The average Bonchev–Trinajstić information content (AvgIpc) is 2.87. The third kappa shape index (κ3) is 4.60. The molecule has 0 atom stereocenters. The summed E-state index contributed by atoms with van der Waals surface area (Å²) in [5.74, 6) is -0.271. The molecule has 0 saturated carbocycles. The first kappa shape index (κ1) is 18.4. The van der Waals surface area contributed by atoms with E-state index in [1.54, 1.807) is 4.90 Å². The van der Waals surface area contributed by atoms with Crippen molar-refractivity contribution in [2.24, 2.45) is 0 Å². The Kier molecular flexibility index (Phi) is 5.56. The molecule has 2 heterocycles. The van der Waals surface area contributed by atoms with Crippen LogP contribution in [0.4, 0.5) is 13.2 Å². The monoisotopic (exact) mass is 363 g/mol. The molecule has 2 aromatic rings. The van der Waals surface area contributed by atoms with Gasteiger partial charge < -0.3 is 4.90 Å². The van der Waals surface area contributed by atoms with Gasteiger partial charge in [0.05, 0.1) is 5.56 Å². The first-order valence-electron chi connectivity index (χ1n) is 8.52. The maximum absolute atomic E-state index is 12.6. The summed E-state index contributed by atoms with van der Waals surface area (Å²) in [6, 6.07) is 12.2. The highest BCUT2D eigenvalue weighted by molar-refractivity contribution is 5.93. The molecule has 1 amide bonds. The molecular formula is C19H20F3N3O. The first-order chi connectivity index (χ1) is 12.4. The molecule has 0 radical (unpaired) electrons. The van der Waals surface area contributed by atoms with Gasteiger partial charge in [-0.1, -0.05) is 30.3 Å². The van der Waals surface area contributed by atoms with Gasteiger partial charge in [-0.3, -0.25) is 14.7 Å². The molecule has 26 heavy (non-hydrogen) atoms. The Morgan fingerprint density at radius 3 is 2.42 bits per heavy atom. The molecule has 1 aliphatic heterocycles. The van der Waals surface area contributed by atoms with E-state index in [1.165, 1.54) is 11.6 Å². The smallest absolute Gasteiger partial charge is 0.337 e. The number of pyridine rings is 1. The van der Waals surface area contributed by atoms with E-state index in [0.29, 0.717) is 13.1 Å². The minimum atomic E-state index is -4.50. The van der Waals surface area contributed by atoms with Crippen LogP contribution in [0, 0.1) is 0 Å². The SMILES string of the molecule is O=C(c1ccc(C(F)(F)F)nc1)N1CCCN(Cc2ccccc2)CC1. The number of carbonyl (C=O) groups excluding carboxylic acids is 1. The van der Waals surface area contributed by atoms with Crippen molar-refractivity contribution in [2.75, 3.05) is 26.2 Å². The zero-order valence-corrected chi connectivity index (χ0v) is 14.2. The molecule has 4 nitrogen and oxygen atoms in total. The topological polar surface area (TPSA) is 36.4 Å². The summed E-state index contributed by atoms with van der Waals surface area (Å²) in [4.78, 5) is 19.9. The van der Waals surface area contributed by atoms with Crippen molar-refractivity contribution in [3.63, 3.8) is 0 Å². The van der Waals surface area contributed by atoms with Crippen LogP contribution in [0.3, 0.4) is 0 Å². The van der Waals surface area contributed by atoms with E-state index >= 15 is 0 Å². The molecule has 1 saturated heterocycles. The molecule has 0 bridgehead atoms. The molecule has 1 aromatic carbocycles. The number of amides is 1. The summed E-state index contributed by atoms with van der Waals surface area (Å²) >= 11 is 0. The van der Waals surface area contributed by atoms with Gasteiger partial charge in [0.1, 0.15) is 5.69 Å². The second-order valence-electron chi connectivity index (χ2n) is 6.34. The number of hydrogen-bond acceptors (Lipinski definition) is 3. The maximum atomic E-state index is 12.6. The number of carbonyl (C=O) groups is 1. The molecule has 1 fully saturated rings. The van der Waals surface area contributed by atoms with Crippen molar-refractivity contribution in [3.05, 3.63) is 65.5 Å². The number of alkyl halides is 3. The first-order valence-corrected chi connectivity index (χ1v) is 8.52. The van der Waals surface area contributed by atoms with Crippen molar-refractivity contribution in [1.82, 2.24) is 14.8 Å². The van der Waals surface area contributed by atoms with Crippen LogP contribution < -0.4 is 0 Å². The van der Waals surface area contributed by atoms with E-state index in [1.807, 2.05) is 18.2 Å². The van der Waals surface area contributed by atoms with Gasteiger partial charge in [0.2, 0.25) is 0 Å². The van der Waals surface area contributed by atoms with Crippen molar-refractivity contribution >= 4 is 5.91 Å². The van der Waals surface area contributed by atoms with Crippen LogP contribution in [-0.4, -0.2) is 46.9 Å². The number of rotatable bonds is 3. The van der Waals surface area contributed by atoms with Crippen LogP contribution in [0.15, 0.2) is 48.7 Å². The molecule has 7 heteroatoms. The molecule has 3 rings (SSSR count). The van der Waals surface area contributed by atoms with E-state index in [9.17, 15) is 18.0 Å². The average molecular weight is 363 g/mol. The Balaban J connectivity index is 1.60. The zero-order valence-electron chi connectivity index (χ0n) is 14.2. The number of nitrogens with zero attached hydrogens (tertiary/aromatic N) is 3. The number of halogens is 3. The second kappa shape index (κ2) is 7.86. The fourth-order valence-electron chi connectivity index (χ4n) is 3.04. The minimum absolute atomic E-state index is 0.189. The molecule has 138 valence electrons. The van der Waals surface area contributed by atoms with Gasteiger partial charge in [0.15, 0.2) is 0 Å². The summed E-state index contributed by atoms with van der Waals surface area (Å²) in [7, 11) is 0. The van der Waals surface area contributed by atoms with Gasteiger partial charge in [-0.2, -0.15) is 13.2 Å². The van der Waals surface area contributed by atoms with E-state index in [0.717, 1.165) is 38.3 Å². The lowest BCUT2D eigenvalue weighted by Gasteiger charge is -2.22. The summed E-state index contributed by atoms with van der Waals surface area (Å²) in [5, 5.41) is 0. The van der Waals surface area contributed by atoms with Crippen molar-refractivity contribution in [3.8, 4) is 0 Å². The summed E-state index contributed by atoms with van der Waals surface area (Å²) in [6.07, 6.45) is -2.66. The Labute approximate surface area is 150 Å². The lowest BCUT2D eigenvalue weighted by Crippen LogP contribution is -2.35. The van der Waals surface area contributed by atoms with Gasteiger partial charge in [0.25, 0.3) is 5.91 Å². The number of benzene rings is 1. The van der Waals surface area contributed by atoms with E-state index in [2.05, 4.69) is 22.0 Å². The van der Waals surface area contributed by atoms with Gasteiger partial charge in [-0.15, -0.1) is 0 Å². The van der Waals surface area contributed by atoms with Gasteiger partial charge in [0, 0.05) is 38.9 Å².